The molecule has 5 nitrogen and oxygen atoms in total. The monoisotopic (exact) mass is 300 g/mol. The standard InChI is InChI=1S/C15H16N4OS/c1-18-13(14(16)20)15(17)21-9-19-12-7-6-10-4-2-3-5-11(10)8-12/h2-8,19H,1,9,17H2,(H2,16,20)/b15-13-. The van der Waals surface area contributed by atoms with E-state index in [4.69, 9.17) is 11.5 Å². The number of rotatable bonds is 6. The van der Waals surface area contributed by atoms with Gasteiger partial charge < -0.3 is 16.8 Å². The van der Waals surface area contributed by atoms with Crippen LogP contribution >= 0.6 is 11.8 Å². The summed E-state index contributed by atoms with van der Waals surface area (Å²) in [5, 5.41) is 5.81. The molecule has 2 aromatic rings. The number of fused-ring (bicyclic) bond motifs is 1. The van der Waals surface area contributed by atoms with Crippen molar-refractivity contribution in [3.63, 3.8) is 0 Å². The average Bonchev–Trinajstić information content (AvgIpc) is 2.47. The number of benzene rings is 2. The summed E-state index contributed by atoms with van der Waals surface area (Å²) in [5.41, 5.74) is 11.9. The minimum atomic E-state index is -0.680. The van der Waals surface area contributed by atoms with Gasteiger partial charge in [0.1, 0.15) is 0 Å². The van der Waals surface area contributed by atoms with Crippen molar-refractivity contribution in [1.29, 1.82) is 0 Å². The highest BCUT2D eigenvalue weighted by Crippen LogP contribution is 2.21. The molecule has 0 aliphatic heterocycles. The van der Waals surface area contributed by atoms with E-state index in [-0.39, 0.29) is 10.7 Å². The first kappa shape index (κ1) is 14.9. The van der Waals surface area contributed by atoms with E-state index >= 15 is 0 Å². The van der Waals surface area contributed by atoms with Gasteiger partial charge in [-0.1, -0.05) is 42.1 Å². The maximum Gasteiger partial charge on any atom is 0.269 e. The van der Waals surface area contributed by atoms with Crippen LogP contribution in [0.5, 0.6) is 0 Å². The van der Waals surface area contributed by atoms with Gasteiger partial charge in [-0.2, -0.15) is 0 Å². The smallest absolute Gasteiger partial charge is 0.269 e. The highest BCUT2D eigenvalue weighted by molar-refractivity contribution is 8.03. The van der Waals surface area contributed by atoms with E-state index < -0.39 is 5.91 Å². The van der Waals surface area contributed by atoms with Crippen molar-refractivity contribution in [2.45, 2.75) is 0 Å². The Hall–Kier alpha value is -2.47. The lowest BCUT2D eigenvalue weighted by molar-refractivity contribution is -0.114. The van der Waals surface area contributed by atoms with Gasteiger partial charge in [-0.3, -0.25) is 9.79 Å². The van der Waals surface area contributed by atoms with Gasteiger partial charge in [0.05, 0.1) is 10.9 Å². The van der Waals surface area contributed by atoms with E-state index in [1.54, 1.807) is 0 Å². The van der Waals surface area contributed by atoms with Crippen LogP contribution in [-0.2, 0) is 4.79 Å². The zero-order valence-corrected chi connectivity index (χ0v) is 12.2. The molecule has 0 aliphatic rings. The molecule has 0 saturated carbocycles. The van der Waals surface area contributed by atoms with E-state index in [1.807, 2.05) is 24.3 Å². The molecule has 0 radical (unpaired) electrons. The summed E-state index contributed by atoms with van der Waals surface area (Å²) in [6, 6.07) is 14.2. The molecule has 5 N–H and O–H groups in total. The zero-order chi connectivity index (χ0) is 15.2. The summed E-state index contributed by atoms with van der Waals surface area (Å²) >= 11 is 1.25. The lowest BCUT2D eigenvalue weighted by atomic mass is 10.1. The van der Waals surface area contributed by atoms with Crippen molar-refractivity contribution in [2.75, 3.05) is 11.2 Å². The molecule has 2 aromatic carbocycles. The molecule has 0 saturated heterocycles. The molecule has 0 aromatic heterocycles. The molecule has 1 amide bonds. The van der Waals surface area contributed by atoms with Crippen molar-refractivity contribution < 1.29 is 4.79 Å². The quantitative estimate of drug-likeness (QED) is 0.433. The van der Waals surface area contributed by atoms with E-state index in [0.717, 1.165) is 11.1 Å². The topological polar surface area (TPSA) is 93.5 Å². The second-order valence-corrected chi connectivity index (χ2v) is 5.28. The Kier molecular flexibility index (Phi) is 4.84. The third kappa shape index (κ3) is 3.76. The Morgan fingerprint density at radius 1 is 1.19 bits per heavy atom. The predicted molar refractivity (Wildman–Crippen MR) is 90.0 cm³/mol. The zero-order valence-electron chi connectivity index (χ0n) is 11.4. The molecule has 0 atom stereocenters. The van der Waals surface area contributed by atoms with Crippen LogP contribution in [0.25, 0.3) is 10.8 Å². The molecule has 108 valence electrons. The lowest BCUT2D eigenvalue weighted by Gasteiger charge is -2.08. The number of carbonyl (C=O) groups is 1. The molecule has 0 unspecified atom stereocenters. The largest absolute Gasteiger partial charge is 0.392 e. The summed E-state index contributed by atoms with van der Waals surface area (Å²) in [5.74, 6) is -0.183. The van der Waals surface area contributed by atoms with Crippen molar-refractivity contribution in [3.05, 3.63) is 53.2 Å². The normalized spacial score (nSPS) is 11.8. The van der Waals surface area contributed by atoms with E-state index in [9.17, 15) is 4.79 Å². The maximum absolute atomic E-state index is 11.1. The SMILES string of the molecule is C=N/C(C(N)=O)=C(/N)SCNc1ccc2ccccc2c1. The number of nitrogens with two attached hydrogens (primary N) is 2. The third-order valence-electron chi connectivity index (χ3n) is 2.88. The Morgan fingerprint density at radius 2 is 1.90 bits per heavy atom. The third-order valence-corrected chi connectivity index (χ3v) is 3.67. The number of aliphatic imine (C=N–C) groups is 1. The molecule has 21 heavy (non-hydrogen) atoms. The first-order valence-electron chi connectivity index (χ1n) is 6.23. The van der Waals surface area contributed by atoms with Gasteiger partial charge >= 0.3 is 0 Å². The average molecular weight is 300 g/mol. The number of hydrogen-bond acceptors (Lipinski definition) is 5. The maximum atomic E-state index is 11.1. The molecule has 0 aliphatic carbocycles. The van der Waals surface area contributed by atoms with Crippen LogP contribution in [0.4, 0.5) is 5.69 Å². The number of nitrogens with zero attached hydrogens (tertiary/aromatic N) is 1. The fourth-order valence-electron chi connectivity index (χ4n) is 1.84. The van der Waals surface area contributed by atoms with Crippen LogP contribution in [0.2, 0.25) is 0 Å². The molecular weight excluding hydrogens is 284 g/mol. The Labute approximate surface area is 127 Å². The van der Waals surface area contributed by atoms with Gasteiger partial charge in [-0.05, 0) is 29.6 Å². The molecule has 0 heterocycles. The summed E-state index contributed by atoms with van der Waals surface area (Å²) in [7, 11) is 0. The van der Waals surface area contributed by atoms with Gasteiger partial charge in [0.2, 0.25) is 0 Å². The molecule has 0 bridgehead atoms. The van der Waals surface area contributed by atoms with Gasteiger partial charge in [-0.15, -0.1) is 0 Å². The second-order valence-electron chi connectivity index (χ2n) is 4.26. The van der Waals surface area contributed by atoms with Crippen LogP contribution < -0.4 is 16.8 Å². The van der Waals surface area contributed by atoms with Crippen LogP contribution in [-0.4, -0.2) is 18.5 Å². The van der Waals surface area contributed by atoms with Crippen molar-refractivity contribution in [1.82, 2.24) is 0 Å². The molecule has 6 heteroatoms. The number of amides is 1. The first-order chi connectivity index (χ1) is 10.1. The van der Waals surface area contributed by atoms with Crippen LogP contribution in [0.1, 0.15) is 0 Å². The summed E-state index contributed by atoms with van der Waals surface area (Å²) in [6.45, 7) is 3.28. The van der Waals surface area contributed by atoms with Crippen molar-refractivity contribution in [3.8, 4) is 0 Å². The number of nitrogens with one attached hydrogen (secondary N) is 1. The second kappa shape index (κ2) is 6.81. The minimum absolute atomic E-state index is 0.000288. The highest BCUT2D eigenvalue weighted by atomic mass is 32.2. The minimum Gasteiger partial charge on any atom is -0.392 e. The summed E-state index contributed by atoms with van der Waals surface area (Å²) < 4.78 is 0. The van der Waals surface area contributed by atoms with Crippen molar-refractivity contribution >= 4 is 40.8 Å². The van der Waals surface area contributed by atoms with Crippen molar-refractivity contribution in [2.24, 2.45) is 16.5 Å². The van der Waals surface area contributed by atoms with Crippen LogP contribution in [0, 0.1) is 0 Å². The highest BCUT2D eigenvalue weighted by Gasteiger charge is 2.08. The van der Waals surface area contributed by atoms with Gasteiger partial charge in [0, 0.05) is 5.69 Å². The molecule has 0 spiro atoms. The number of carbonyl (C=O) groups excluding carboxylic acids is 1. The summed E-state index contributed by atoms with van der Waals surface area (Å²) in [6.07, 6.45) is 0. The fraction of sp³-hybridized carbons (Fsp3) is 0.0667. The Bertz CT molecular complexity index is 712. The molecule has 0 fully saturated rings. The Morgan fingerprint density at radius 3 is 2.57 bits per heavy atom. The van der Waals surface area contributed by atoms with E-state index in [1.165, 1.54) is 17.1 Å². The number of anilines is 1. The molecule has 2 rings (SSSR count). The Balaban J connectivity index is 2.02. The van der Waals surface area contributed by atoms with E-state index in [2.05, 4.69) is 35.2 Å². The fourth-order valence-corrected chi connectivity index (χ4v) is 2.54. The molecular formula is C15H16N4OS. The number of primary amides is 1. The van der Waals surface area contributed by atoms with Gasteiger partial charge in [0.15, 0.2) is 5.70 Å². The van der Waals surface area contributed by atoms with Gasteiger partial charge in [0.25, 0.3) is 5.91 Å². The van der Waals surface area contributed by atoms with Crippen LogP contribution in [0.15, 0.2) is 58.2 Å². The van der Waals surface area contributed by atoms with E-state index in [0.29, 0.717) is 5.88 Å². The predicted octanol–water partition coefficient (Wildman–Crippen LogP) is 2.26. The number of thioether (sulfide) groups is 1. The van der Waals surface area contributed by atoms with Crippen LogP contribution in [0.3, 0.4) is 0 Å². The number of hydrogen-bond donors (Lipinski definition) is 3. The lowest BCUT2D eigenvalue weighted by Crippen LogP contribution is -2.17. The summed E-state index contributed by atoms with van der Waals surface area (Å²) in [4.78, 5) is 14.6. The van der Waals surface area contributed by atoms with Gasteiger partial charge in [-0.25, -0.2) is 0 Å². The first-order valence-corrected chi connectivity index (χ1v) is 7.22.